The van der Waals surface area contributed by atoms with Crippen LogP contribution in [0.25, 0.3) is 0 Å². The second-order valence-corrected chi connectivity index (χ2v) is 8.28. The Morgan fingerprint density at radius 3 is 2.29 bits per heavy atom. The number of hydrogen-bond acceptors (Lipinski definition) is 4. The molecule has 2 rings (SSSR count). The van der Waals surface area contributed by atoms with Crippen LogP contribution in [0, 0.1) is 17.6 Å². The van der Waals surface area contributed by atoms with Gasteiger partial charge in [0.15, 0.2) is 6.10 Å². The highest BCUT2D eigenvalue weighted by Gasteiger charge is 2.18. The van der Waals surface area contributed by atoms with Gasteiger partial charge in [-0.3, -0.25) is 9.52 Å². The number of rotatable bonds is 8. The van der Waals surface area contributed by atoms with E-state index in [1.807, 2.05) is 13.8 Å². The lowest BCUT2D eigenvalue weighted by Crippen LogP contribution is -2.38. The summed E-state index contributed by atoms with van der Waals surface area (Å²) in [5, 5.41) is 2.74. The van der Waals surface area contributed by atoms with Crippen molar-refractivity contribution in [2.45, 2.75) is 31.8 Å². The molecule has 0 aliphatic heterocycles. The molecule has 0 bridgehead atoms. The molecule has 9 heteroatoms. The first-order valence-electron chi connectivity index (χ1n) is 8.61. The van der Waals surface area contributed by atoms with Crippen LogP contribution in [0.3, 0.4) is 0 Å². The lowest BCUT2D eigenvalue weighted by molar-refractivity contribution is -0.127. The van der Waals surface area contributed by atoms with Crippen LogP contribution in [0.2, 0.25) is 0 Å². The molecule has 152 valence electrons. The van der Waals surface area contributed by atoms with Gasteiger partial charge in [0.05, 0.1) is 10.6 Å². The minimum Gasteiger partial charge on any atom is -0.481 e. The van der Waals surface area contributed by atoms with Crippen LogP contribution in [0.5, 0.6) is 5.75 Å². The first-order chi connectivity index (χ1) is 13.1. The summed E-state index contributed by atoms with van der Waals surface area (Å²) in [5.74, 6) is -1.50. The minimum atomic E-state index is -4.08. The largest absolute Gasteiger partial charge is 0.481 e. The molecule has 2 aromatic carbocycles. The second kappa shape index (κ2) is 9.01. The molecule has 0 aliphatic rings. The number of sulfonamides is 1. The summed E-state index contributed by atoms with van der Waals surface area (Å²) >= 11 is 0. The van der Waals surface area contributed by atoms with Gasteiger partial charge >= 0.3 is 0 Å². The van der Waals surface area contributed by atoms with Gasteiger partial charge < -0.3 is 10.1 Å². The van der Waals surface area contributed by atoms with Crippen molar-refractivity contribution in [2.24, 2.45) is 5.92 Å². The third-order valence-electron chi connectivity index (χ3n) is 3.68. The smallest absolute Gasteiger partial charge is 0.261 e. The average molecular weight is 412 g/mol. The van der Waals surface area contributed by atoms with E-state index in [1.54, 1.807) is 6.92 Å². The van der Waals surface area contributed by atoms with E-state index in [0.29, 0.717) is 24.3 Å². The zero-order valence-corrected chi connectivity index (χ0v) is 16.5. The Bertz CT molecular complexity index is 931. The first kappa shape index (κ1) is 21.6. The van der Waals surface area contributed by atoms with Crippen LogP contribution in [0.4, 0.5) is 14.5 Å². The number of benzene rings is 2. The molecule has 1 atom stereocenters. The highest BCUT2D eigenvalue weighted by atomic mass is 32.2. The minimum absolute atomic E-state index is 0.138. The van der Waals surface area contributed by atoms with Crippen LogP contribution >= 0.6 is 0 Å². The SMILES string of the molecule is CC(C)CNC(=O)[C@H](C)Oc1ccc(S(=O)(=O)Nc2ccc(F)cc2F)cc1. The fraction of sp³-hybridized carbons (Fsp3) is 0.316. The van der Waals surface area contributed by atoms with Crippen molar-refractivity contribution in [2.75, 3.05) is 11.3 Å². The van der Waals surface area contributed by atoms with E-state index >= 15 is 0 Å². The van der Waals surface area contributed by atoms with Crippen molar-refractivity contribution < 1.29 is 26.7 Å². The maximum absolute atomic E-state index is 13.7. The van der Waals surface area contributed by atoms with E-state index in [2.05, 4.69) is 10.0 Å². The summed E-state index contributed by atoms with van der Waals surface area (Å²) in [6.45, 7) is 6.04. The lowest BCUT2D eigenvalue weighted by Gasteiger charge is -2.16. The monoisotopic (exact) mass is 412 g/mol. The molecular formula is C19H22F2N2O4S. The zero-order valence-electron chi connectivity index (χ0n) is 15.7. The Morgan fingerprint density at radius 2 is 1.71 bits per heavy atom. The number of ether oxygens (including phenoxy) is 1. The highest BCUT2D eigenvalue weighted by molar-refractivity contribution is 7.92. The molecule has 0 unspecified atom stereocenters. The Kier molecular flexibility index (Phi) is 6.95. The van der Waals surface area contributed by atoms with Crippen molar-refractivity contribution in [3.05, 3.63) is 54.1 Å². The summed E-state index contributed by atoms with van der Waals surface area (Å²) in [6.07, 6.45) is -0.757. The number of nitrogens with one attached hydrogen (secondary N) is 2. The van der Waals surface area contributed by atoms with Gasteiger partial charge in [-0.05, 0) is 49.2 Å². The van der Waals surface area contributed by atoms with Gasteiger partial charge in [-0.15, -0.1) is 0 Å². The average Bonchev–Trinajstić information content (AvgIpc) is 2.62. The number of carbonyl (C=O) groups excluding carboxylic acids is 1. The summed E-state index contributed by atoms with van der Waals surface area (Å²) in [5.41, 5.74) is -0.364. The Hall–Kier alpha value is -2.68. The lowest BCUT2D eigenvalue weighted by atomic mass is 10.2. The van der Waals surface area contributed by atoms with E-state index in [-0.39, 0.29) is 16.5 Å². The molecule has 0 saturated heterocycles. The molecule has 1 amide bonds. The first-order valence-corrected chi connectivity index (χ1v) is 10.1. The third-order valence-corrected chi connectivity index (χ3v) is 5.06. The van der Waals surface area contributed by atoms with Crippen LogP contribution in [-0.4, -0.2) is 27.0 Å². The molecule has 0 aromatic heterocycles. The van der Waals surface area contributed by atoms with Crippen LogP contribution in [-0.2, 0) is 14.8 Å². The topological polar surface area (TPSA) is 84.5 Å². The fourth-order valence-corrected chi connectivity index (χ4v) is 3.25. The van der Waals surface area contributed by atoms with E-state index in [0.717, 1.165) is 12.1 Å². The van der Waals surface area contributed by atoms with Crippen molar-refractivity contribution in [3.8, 4) is 5.75 Å². The van der Waals surface area contributed by atoms with E-state index in [4.69, 9.17) is 4.74 Å². The van der Waals surface area contributed by atoms with Gasteiger partial charge in [0.25, 0.3) is 15.9 Å². The molecule has 0 fully saturated rings. The fourth-order valence-electron chi connectivity index (χ4n) is 2.18. The standard InChI is InChI=1S/C19H22F2N2O4S/c1-12(2)11-22-19(24)13(3)27-15-5-7-16(8-6-15)28(25,26)23-18-9-4-14(20)10-17(18)21/h4-10,12-13,23H,11H2,1-3H3,(H,22,24)/t13-/m0/s1. The number of anilines is 1. The second-order valence-electron chi connectivity index (χ2n) is 6.60. The highest BCUT2D eigenvalue weighted by Crippen LogP contribution is 2.22. The molecule has 6 nitrogen and oxygen atoms in total. The number of carbonyl (C=O) groups is 1. The molecule has 2 N–H and O–H groups in total. The molecule has 0 aliphatic carbocycles. The maximum atomic E-state index is 13.7. The van der Waals surface area contributed by atoms with E-state index < -0.39 is 27.8 Å². The van der Waals surface area contributed by atoms with Crippen LogP contribution in [0.1, 0.15) is 20.8 Å². The summed E-state index contributed by atoms with van der Waals surface area (Å²) in [7, 11) is -4.08. The van der Waals surface area contributed by atoms with Crippen molar-refractivity contribution in [1.29, 1.82) is 0 Å². The quantitative estimate of drug-likeness (QED) is 0.697. The summed E-state index contributed by atoms with van der Waals surface area (Å²) < 4.78 is 58.9. The van der Waals surface area contributed by atoms with Crippen molar-refractivity contribution >= 4 is 21.6 Å². The van der Waals surface area contributed by atoms with Crippen LogP contribution in [0.15, 0.2) is 47.4 Å². The van der Waals surface area contributed by atoms with Gasteiger partial charge in [0, 0.05) is 12.6 Å². The van der Waals surface area contributed by atoms with Gasteiger partial charge in [-0.1, -0.05) is 13.8 Å². The summed E-state index contributed by atoms with van der Waals surface area (Å²) in [6, 6.07) is 7.83. The normalized spacial score (nSPS) is 12.5. The van der Waals surface area contributed by atoms with Gasteiger partial charge in [-0.2, -0.15) is 0 Å². The van der Waals surface area contributed by atoms with Crippen LogP contribution < -0.4 is 14.8 Å². The predicted molar refractivity (Wildman–Crippen MR) is 102 cm³/mol. The van der Waals surface area contributed by atoms with E-state index in [9.17, 15) is 22.0 Å². The predicted octanol–water partition coefficient (Wildman–Crippen LogP) is 3.31. The molecular weight excluding hydrogens is 390 g/mol. The maximum Gasteiger partial charge on any atom is 0.261 e. The number of amides is 1. The molecule has 0 saturated carbocycles. The third kappa shape index (κ3) is 5.91. The van der Waals surface area contributed by atoms with Gasteiger partial charge in [0.2, 0.25) is 0 Å². The Labute approximate surface area is 163 Å². The van der Waals surface area contributed by atoms with E-state index in [1.165, 1.54) is 24.3 Å². The van der Waals surface area contributed by atoms with Gasteiger partial charge in [-0.25, -0.2) is 17.2 Å². The number of halogens is 2. The van der Waals surface area contributed by atoms with Crippen molar-refractivity contribution in [1.82, 2.24) is 5.32 Å². The molecule has 0 radical (unpaired) electrons. The molecule has 0 spiro atoms. The van der Waals surface area contributed by atoms with Gasteiger partial charge in [0.1, 0.15) is 17.4 Å². The molecule has 2 aromatic rings. The number of hydrogen-bond donors (Lipinski definition) is 2. The zero-order chi connectivity index (χ0) is 20.9. The Balaban J connectivity index is 2.05. The Morgan fingerprint density at radius 1 is 1.07 bits per heavy atom. The molecule has 0 heterocycles. The summed E-state index contributed by atoms with van der Waals surface area (Å²) in [4.78, 5) is 11.8. The van der Waals surface area contributed by atoms with Crippen molar-refractivity contribution in [3.63, 3.8) is 0 Å². The molecule has 28 heavy (non-hydrogen) atoms.